The van der Waals surface area contributed by atoms with Crippen molar-refractivity contribution in [2.75, 3.05) is 13.1 Å². The minimum absolute atomic E-state index is 0.885. The third kappa shape index (κ3) is 2.78. The summed E-state index contributed by atoms with van der Waals surface area (Å²) in [6.07, 6.45) is 8.40. The van der Waals surface area contributed by atoms with Gasteiger partial charge in [-0.05, 0) is 38.8 Å². The lowest BCUT2D eigenvalue weighted by atomic mass is 10.0. The molecule has 0 N–H and O–H groups in total. The molecule has 1 fully saturated rings. The zero-order chi connectivity index (χ0) is 8.81. The lowest BCUT2D eigenvalue weighted by Crippen LogP contribution is -2.38. The second-order valence-corrected chi connectivity index (χ2v) is 3.95. The highest BCUT2D eigenvalue weighted by Crippen LogP contribution is 2.17. The third-order valence-corrected chi connectivity index (χ3v) is 3.00. The molecule has 1 heteroatoms. The molecule has 0 saturated carbocycles. The maximum atomic E-state index is 2.70. The number of rotatable bonds is 4. The first-order valence-electron chi connectivity index (χ1n) is 5.62. The largest absolute Gasteiger partial charge is 0.300 e. The number of piperidine rings is 1. The predicted molar refractivity (Wildman–Crippen MR) is 54.4 cm³/mol. The molecule has 0 aromatic carbocycles. The van der Waals surface area contributed by atoms with E-state index in [-0.39, 0.29) is 0 Å². The summed E-state index contributed by atoms with van der Waals surface area (Å²) in [7, 11) is 0. The van der Waals surface area contributed by atoms with Crippen molar-refractivity contribution >= 4 is 0 Å². The fourth-order valence-corrected chi connectivity index (χ4v) is 2.26. The lowest BCUT2D eigenvalue weighted by molar-refractivity contribution is 0.150. The molecular weight excluding hydrogens is 146 g/mol. The van der Waals surface area contributed by atoms with Gasteiger partial charge in [0.15, 0.2) is 0 Å². The summed E-state index contributed by atoms with van der Waals surface area (Å²) in [6, 6.07) is 0.885. The molecule has 1 nitrogen and oxygen atoms in total. The van der Waals surface area contributed by atoms with E-state index >= 15 is 0 Å². The van der Waals surface area contributed by atoms with Crippen LogP contribution in [-0.4, -0.2) is 24.0 Å². The van der Waals surface area contributed by atoms with Crippen molar-refractivity contribution in [1.82, 2.24) is 4.90 Å². The number of likely N-dealkylation sites (tertiary alicyclic amines) is 1. The van der Waals surface area contributed by atoms with Crippen LogP contribution in [0.25, 0.3) is 0 Å². The number of nitrogens with zero attached hydrogens (tertiary/aromatic N) is 1. The van der Waals surface area contributed by atoms with E-state index in [9.17, 15) is 0 Å². The van der Waals surface area contributed by atoms with E-state index in [1.165, 1.54) is 51.6 Å². The molecule has 72 valence electrons. The Balaban J connectivity index is 2.29. The molecule has 0 aliphatic carbocycles. The molecule has 1 aliphatic heterocycles. The van der Waals surface area contributed by atoms with Crippen LogP contribution in [-0.2, 0) is 0 Å². The van der Waals surface area contributed by atoms with Crippen molar-refractivity contribution in [3.8, 4) is 0 Å². The van der Waals surface area contributed by atoms with E-state index in [2.05, 4.69) is 18.7 Å². The Kier molecular flexibility index (Phi) is 4.67. The zero-order valence-electron chi connectivity index (χ0n) is 8.68. The van der Waals surface area contributed by atoms with Crippen molar-refractivity contribution in [2.45, 2.75) is 58.4 Å². The van der Waals surface area contributed by atoms with E-state index in [0.717, 1.165) is 6.04 Å². The molecule has 1 rings (SSSR count). The van der Waals surface area contributed by atoms with Gasteiger partial charge in [0.25, 0.3) is 0 Å². The summed E-state index contributed by atoms with van der Waals surface area (Å²) < 4.78 is 0. The predicted octanol–water partition coefficient (Wildman–Crippen LogP) is 3.05. The molecule has 1 aliphatic rings. The normalized spacial score (nSPS) is 22.5. The van der Waals surface area contributed by atoms with Gasteiger partial charge < -0.3 is 4.90 Å². The van der Waals surface area contributed by atoms with Crippen molar-refractivity contribution in [2.24, 2.45) is 0 Å². The van der Waals surface area contributed by atoms with E-state index < -0.39 is 0 Å². The third-order valence-electron chi connectivity index (χ3n) is 3.00. The van der Waals surface area contributed by atoms with Crippen LogP contribution in [0.5, 0.6) is 0 Å². The first-order chi connectivity index (χ1) is 5.88. The van der Waals surface area contributed by atoms with E-state index in [0.29, 0.717) is 0 Å². The first-order valence-corrected chi connectivity index (χ1v) is 5.62. The summed E-state index contributed by atoms with van der Waals surface area (Å²) in [4.78, 5) is 2.70. The monoisotopic (exact) mass is 169 g/mol. The van der Waals surface area contributed by atoms with Crippen LogP contribution < -0.4 is 0 Å². The molecule has 0 radical (unpaired) electrons. The molecule has 1 atom stereocenters. The van der Waals surface area contributed by atoms with E-state index in [1.807, 2.05) is 0 Å². The zero-order valence-corrected chi connectivity index (χ0v) is 8.68. The van der Waals surface area contributed by atoms with Crippen LogP contribution in [0.15, 0.2) is 0 Å². The Morgan fingerprint density at radius 2 is 1.75 bits per heavy atom. The minimum Gasteiger partial charge on any atom is -0.300 e. The van der Waals surface area contributed by atoms with Gasteiger partial charge >= 0.3 is 0 Å². The molecule has 1 saturated heterocycles. The second-order valence-electron chi connectivity index (χ2n) is 3.95. The maximum Gasteiger partial charge on any atom is 0.00925 e. The van der Waals surface area contributed by atoms with Gasteiger partial charge in [0, 0.05) is 6.04 Å². The molecule has 0 aromatic rings. The highest BCUT2D eigenvalue weighted by atomic mass is 15.2. The highest BCUT2D eigenvalue weighted by Gasteiger charge is 2.17. The smallest absolute Gasteiger partial charge is 0.00925 e. The Hall–Kier alpha value is -0.0400. The first kappa shape index (κ1) is 10.0. The molecular formula is C11H23N. The Bertz CT molecular complexity index is 103. The van der Waals surface area contributed by atoms with Gasteiger partial charge in [0.1, 0.15) is 0 Å². The van der Waals surface area contributed by atoms with Gasteiger partial charge in [0.05, 0.1) is 0 Å². The van der Waals surface area contributed by atoms with Crippen LogP contribution in [0, 0.1) is 0 Å². The van der Waals surface area contributed by atoms with Crippen molar-refractivity contribution in [1.29, 1.82) is 0 Å². The molecule has 1 heterocycles. The van der Waals surface area contributed by atoms with Gasteiger partial charge in [0.2, 0.25) is 0 Å². The molecule has 0 bridgehead atoms. The van der Waals surface area contributed by atoms with Crippen LogP contribution >= 0.6 is 0 Å². The van der Waals surface area contributed by atoms with Crippen LogP contribution in [0.4, 0.5) is 0 Å². The molecule has 0 amide bonds. The Labute approximate surface area is 77.1 Å². The van der Waals surface area contributed by atoms with Crippen LogP contribution in [0.1, 0.15) is 52.4 Å². The SMILES string of the molecule is CCC[C@@H](CC)N1CCCCC1. The van der Waals surface area contributed by atoms with Gasteiger partial charge in [-0.3, -0.25) is 0 Å². The number of hydrogen-bond acceptors (Lipinski definition) is 1. The van der Waals surface area contributed by atoms with Crippen LogP contribution in [0.2, 0.25) is 0 Å². The molecule has 12 heavy (non-hydrogen) atoms. The van der Waals surface area contributed by atoms with Gasteiger partial charge in [-0.2, -0.15) is 0 Å². The molecule has 0 aromatic heterocycles. The van der Waals surface area contributed by atoms with E-state index in [1.54, 1.807) is 0 Å². The summed E-state index contributed by atoms with van der Waals surface area (Å²) in [5.74, 6) is 0. The fourth-order valence-electron chi connectivity index (χ4n) is 2.26. The number of hydrogen-bond donors (Lipinski definition) is 0. The van der Waals surface area contributed by atoms with Crippen molar-refractivity contribution in [3.63, 3.8) is 0 Å². The molecule has 0 spiro atoms. The highest BCUT2D eigenvalue weighted by molar-refractivity contribution is 4.73. The van der Waals surface area contributed by atoms with Crippen molar-refractivity contribution < 1.29 is 0 Å². The van der Waals surface area contributed by atoms with E-state index in [4.69, 9.17) is 0 Å². The summed E-state index contributed by atoms with van der Waals surface area (Å²) >= 11 is 0. The summed E-state index contributed by atoms with van der Waals surface area (Å²) in [6.45, 7) is 7.35. The summed E-state index contributed by atoms with van der Waals surface area (Å²) in [5.41, 5.74) is 0. The van der Waals surface area contributed by atoms with Gasteiger partial charge in [-0.25, -0.2) is 0 Å². The second kappa shape index (κ2) is 5.58. The summed E-state index contributed by atoms with van der Waals surface area (Å²) in [5, 5.41) is 0. The quantitative estimate of drug-likeness (QED) is 0.625. The average Bonchev–Trinajstić information content (AvgIpc) is 2.15. The lowest BCUT2D eigenvalue weighted by Gasteiger charge is -2.33. The van der Waals surface area contributed by atoms with Crippen LogP contribution in [0.3, 0.4) is 0 Å². The topological polar surface area (TPSA) is 3.24 Å². The maximum absolute atomic E-state index is 2.70. The fraction of sp³-hybridized carbons (Fsp3) is 1.00. The Morgan fingerprint density at radius 3 is 2.25 bits per heavy atom. The minimum atomic E-state index is 0.885. The van der Waals surface area contributed by atoms with Crippen molar-refractivity contribution in [3.05, 3.63) is 0 Å². The Morgan fingerprint density at radius 1 is 1.08 bits per heavy atom. The molecule has 0 unspecified atom stereocenters. The standard InChI is InChI=1S/C11H23N/c1-3-8-11(4-2)12-9-6-5-7-10-12/h11H,3-10H2,1-2H3/t11-/m1/s1. The average molecular weight is 169 g/mol. The van der Waals surface area contributed by atoms with Gasteiger partial charge in [-0.15, -0.1) is 0 Å². The van der Waals surface area contributed by atoms with Gasteiger partial charge in [-0.1, -0.05) is 26.7 Å².